The second kappa shape index (κ2) is 4.00. The lowest BCUT2D eigenvalue weighted by molar-refractivity contribution is -0.140. The van der Waals surface area contributed by atoms with E-state index in [-0.39, 0.29) is 53.4 Å². The maximum atomic E-state index is 11.9. The fourth-order valence-electron chi connectivity index (χ4n) is 2.80. The third-order valence-electron chi connectivity index (χ3n) is 3.68. The van der Waals surface area contributed by atoms with E-state index in [1.807, 2.05) is 0 Å². The summed E-state index contributed by atoms with van der Waals surface area (Å²) in [5.41, 5.74) is -0.640. The van der Waals surface area contributed by atoms with Crippen LogP contribution in [0.25, 0.3) is 6.08 Å². The first-order chi connectivity index (χ1) is 9.41. The molecular formula is C14H12O6. The molecule has 1 saturated carbocycles. The lowest BCUT2D eigenvalue weighted by atomic mass is 9.88. The molecule has 20 heavy (non-hydrogen) atoms. The number of fused-ring (bicyclic) bond motifs is 2. The first kappa shape index (κ1) is 12.5. The molecule has 1 atom stereocenters. The minimum Gasteiger partial charge on any atom is -0.508 e. The number of ketones is 1. The Morgan fingerprint density at radius 3 is 2.80 bits per heavy atom. The van der Waals surface area contributed by atoms with Crippen molar-refractivity contribution in [1.29, 1.82) is 0 Å². The van der Waals surface area contributed by atoms with E-state index in [1.165, 1.54) is 12.1 Å². The molecule has 1 unspecified atom stereocenters. The molecule has 0 saturated heterocycles. The van der Waals surface area contributed by atoms with Gasteiger partial charge in [-0.1, -0.05) is 0 Å². The van der Waals surface area contributed by atoms with Crippen molar-refractivity contribution in [3.05, 3.63) is 23.3 Å². The van der Waals surface area contributed by atoms with Crippen LogP contribution in [0.5, 0.6) is 17.2 Å². The van der Waals surface area contributed by atoms with Gasteiger partial charge < -0.3 is 20.1 Å². The molecule has 1 fully saturated rings. The molecule has 3 rings (SSSR count). The molecule has 3 N–H and O–H groups in total. The summed E-state index contributed by atoms with van der Waals surface area (Å²) in [6, 6.07) is 2.44. The number of hydrogen-bond acceptors (Lipinski definition) is 5. The summed E-state index contributed by atoms with van der Waals surface area (Å²) in [7, 11) is 0. The SMILES string of the molecule is O=C(O)CC12CCC(=O)C1=Cc1c(O)cc(O)cc1O2. The molecule has 1 aliphatic carbocycles. The summed E-state index contributed by atoms with van der Waals surface area (Å²) in [5.74, 6) is -1.46. The van der Waals surface area contributed by atoms with Crippen molar-refractivity contribution >= 4 is 17.8 Å². The average molecular weight is 276 g/mol. The van der Waals surface area contributed by atoms with E-state index in [0.717, 1.165) is 6.07 Å². The van der Waals surface area contributed by atoms with Gasteiger partial charge in [-0.05, 0) is 12.5 Å². The minimum absolute atomic E-state index is 0.177. The molecule has 104 valence electrons. The van der Waals surface area contributed by atoms with Crippen molar-refractivity contribution in [1.82, 2.24) is 0 Å². The van der Waals surface area contributed by atoms with Crippen LogP contribution in [0.1, 0.15) is 24.8 Å². The first-order valence-electron chi connectivity index (χ1n) is 6.13. The summed E-state index contributed by atoms with van der Waals surface area (Å²) < 4.78 is 5.70. The summed E-state index contributed by atoms with van der Waals surface area (Å²) in [4.78, 5) is 23.0. The van der Waals surface area contributed by atoms with E-state index in [4.69, 9.17) is 9.84 Å². The standard InChI is InChI=1S/C14H12O6/c15-7-3-11(17)8-5-9-10(16)1-2-14(9,6-13(18)19)20-12(8)4-7/h3-5,15,17H,1-2,6H2,(H,18,19). The van der Waals surface area contributed by atoms with Gasteiger partial charge in [0.1, 0.15) is 22.8 Å². The van der Waals surface area contributed by atoms with Crippen LogP contribution in [0.2, 0.25) is 0 Å². The van der Waals surface area contributed by atoms with Crippen molar-refractivity contribution in [3.63, 3.8) is 0 Å². The number of carbonyl (C=O) groups is 2. The lowest BCUT2D eigenvalue weighted by Gasteiger charge is -2.34. The van der Waals surface area contributed by atoms with Gasteiger partial charge in [-0.25, -0.2) is 0 Å². The van der Waals surface area contributed by atoms with Crippen molar-refractivity contribution in [3.8, 4) is 17.2 Å². The molecule has 1 aromatic carbocycles. The molecule has 0 aromatic heterocycles. The van der Waals surface area contributed by atoms with E-state index >= 15 is 0 Å². The average Bonchev–Trinajstić information content (AvgIpc) is 2.63. The van der Waals surface area contributed by atoms with Crippen LogP contribution in [0, 0.1) is 0 Å². The van der Waals surface area contributed by atoms with Crippen molar-refractivity contribution in [2.24, 2.45) is 0 Å². The molecule has 1 heterocycles. The Bertz CT molecular complexity index is 660. The van der Waals surface area contributed by atoms with Gasteiger partial charge in [0.2, 0.25) is 0 Å². The summed E-state index contributed by atoms with van der Waals surface area (Å²) >= 11 is 0. The van der Waals surface area contributed by atoms with Crippen molar-refractivity contribution in [2.45, 2.75) is 24.9 Å². The van der Waals surface area contributed by atoms with Gasteiger partial charge >= 0.3 is 5.97 Å². The van der Waals surface area contributed by atoms with Crippen LogP contribution in [-0.2, 0) is 9.59 Å². The Kier molecular flexibility index (Phi) is 2.50. The normalized spacial score (nSPS) is 23.6. The highest BCUT2D eigenvalue weighted by molar-refractivity contribution is 6.06. The van der Waals surface area contributed by atoms with E-state index in [2.05, 4.69) is 0 Å². The Labute approximate surface area is 113 Å². The number of carboxylic acid groups (broad SMARTS) is 1. The Hall–Kier alpha value is -2.50. The quantitative estimate of drug-likeness (QED) is 0.755. The van der Waals surface area contributed by atoms with Gasteiger partial charge in [-0.2, -0.15) is 0 Å². The number of aliphatic carboxylic acids is 1. The number of Topliss-reactive ketones (excluding diaryl/α,β-unsaturated/α-hetero) is 1. The van der Waals surface area contributed by atoms with Gasteiger partial charge in [-0.3, -0.25) is 9.59 Å². The number of carboxylic acids is 1. The predicted molar refractivity (Wildman–Crippen MR) is 67.6 cm³/mol. The molecule has 6 nitrogen and oxygen atoms in total. The van der Waals surface area contributed by atoms with E-state index in [1.54, 1.807) is 0 Å². The summed E-state index contributed by atoms with van der Waals surface area (Å²) in [5, 5.41) is 28.3. The zero-order valence-electron chi connectivity index (χ0n) is 10.4. The number of ether oxygens (including phenoxy) is 1. The number of hydrogen-bond donors (Lipinski definition) is 3. The smallest absolute Gasteiger partial charge is 0.307 e. The van der Waals surface area contributed by atoms with Crippen LogP contribution in [0.4, 0.5) is 0 Å². The second-order valence-electron chi connectivity index (χ2n) is 5.02. The summed E-state index contributed by atoms with van der Waals surface area (Å²) in [6.45, 7) is 0. The van der Waals surface area contributed by atoms with Gasteiger partial charge in [0.25, 0.3) is 0 Å². The molecular weight excluding hydrogens is 264 g/mol. The Morgan fingerprint density at radius 2 is 2.10 bits per heavy atom. The second-order valence-corrected chi connectivity index (χ2v) is 5.02. The number of aromatic hydroxyl groups is 2. The molecule has 1 aliphatic heterocycles. The van der Waals surface area contributed by atoms with Gasteiger partial charge in [0.15, 0.2) is 5.78 Å². The van der Waals surface area contributed by atoms with Crippen LogP contribution >= 0.6 is 0 Å². The van der Waals surface area contributed by atoms with Gasteiger partial charge in [-0.15, -0.1) is 0 Å². The minimum atomic E-state index is -1.20. The monoisotopic (exact) mass is 276 g/mol. The first-order valence-corrected chi connectivity index (χ1v) is 6.13. The third kappa shape index (κ3) is 1.72. The van der Waals surface area contributed by atoms with Crippen molar-refractivity contribution in [2.75, 3.05) is 0 Å². The highest BCUT2D eigenvalue weighted by Gasteiger charge is 2.49. The number of carbonyl (C=O) groups excluding carboxylic acids is 1. The maximum absolute atomic E-state index is 11.9. The van der Waals surface area contributed by atoms with Gasteiger partial charge in [0, 0.05) is 24.1 Å². The van der Waals surface area contributed by atoms with Crippen LogP contribution in [0.15, 0.2) is 17.7 Å². The molecule has 1 aromatic rings. The molecule has 0 bridgehead atoms. The largest absolute Gasteiger partial charge is 0.508 e. The van der Waals surface area contributed by atoms with Crippen molar-refractivity contribution < 1.29 is 29.6 Å². The molecule has 0 radical (unpaired) electrons. The topological polar surface area (TPSA) is 104 Å². The number of benzene rings is 1. The molecule has 2 aliphatic rings. The maximum Gasteiger partial charge on any atom is 0.307 e. The fourth-order valence-corrected chi connectivity index (χ4v) is 2.80. The molecule has 6 heteroatoms. The zero-order valence-corrected chi connectivity index (χ0v) is 10.4. The Morgan fingerprint density at radius 1 is 1.35 bits per heavy atom. The van der Waals surface area contributed by atoms with Crippen LogP contribution in [0.3, 0.4) is 0 Å². The van der Waals surface area contributed by atoms with E-state index < -0.39 is 11.6 Å². The van der Waals surface area contributed by atoms with E-state index in [9.17, 15) is 19.8 Å². The van der Waals surface area contributed by atoms with Crippen LogP contribution in [-0.4, -0.2) is 32.7 Å². The Balaban J connectivity index is 2.17. The predicted octanol–water partition coefficient (Wildman–Crippen LogP) is 1.45. The number of phenolic OH excluding ortho intramolecular Hbond substituents is 2. The molecule has 0 spiro atoms. The van der Waals surface area contributed by atoms with E-state index in [0.29, 0.717) is 0 Å². The zero-order chi connectivity index (χ0) is 14.5. The fraction of sp³-hybridized carbons (Fsp3) is 0.286. The third-order valence-corrected chi connectivity index (χ3v) is 3.68. The summed E-state index contributed by atoms with van der Waals surface area (Å²) in [6.07, 6.45) is 1.62. The highest BCUT2D eigenvalue weighted by atomic mass is 16.5. The van der Waals surface area contributed by atoms with Crippen LogP contribution < -0.4 is 4.74 Å². The van der Waals surface area contributed by atoms with Gasteiger partial charge in [0.05, 0.1) is 12.0 Å². The lowest BCUT2D eigenvalue weighted by Crippen LogP contribution is -2.40. The number of rotatable bonds is 2. The highest BCUT2D eigenvalue weighted by Crippen LogP contribution is 2.48. The number of phenols is 2. The molecule has 0 amide bonds.